The number of nitrogens with one attached hydrogen (secondary N) is 1. The summed E-state index contributed by atoms with van der Waals surface area (Å²) >= 11 is 0. The number of ether oxygens (including phenoxy) is 3. The summed E-state index contributed by atoms with van der Waals surface area (Å²) < 4.78 is 21.9. The lowest BCUT2D eigenvalue weighted by molar-refractivity contribution is 0.325. The predicted octanol–water partition coefficient (Wildman–Crippen LogP) is 3.98. The number of hydrogen-bond donors (Lipinski definition) is 1. The first-order chi connectivity index (χ1) is 12.3. The van der Waals surface area contributed by atoms with Crippen LogP contribution in [0, 0.1) is 0 Å². The van der Waals surface area contributed by atoms with Crippen LogP contribution in [0.4, 0.5) is 5.69 Å². The first kappa shape index (κ1) is 16.7. The Balaban J connectivity index is 1.77. The molecule has 1 N–H and O–H groups in total. The molecule has 0 saturated carbocycles. The van der Waals surface area contributed by atoms with Crippen LogP contribution >= 0.6 is 0 Å². The summed E-state index contributed by atoms with van der Waals surface area (Å²) in [5.74, 6) is 3.02. The molecule has 3 rings (SSSR count). The number of nitrogens with zero attached hydrogens (tertiary/aromatic N) is 1. The van der Waals surface area contributed by atoms with Gasteiger partial charge in [0.15, 0.2) is 17.3 Å². The average Bonchev–Trinajstić information content (AvgIpc) is 3.15. The lowest BCUT2D eigenvalue weighted by atomic mass is 10.2. The Kier molecular flexibility index (Phi) is 5.09. The molecular formula is C19H20N2O4. The minimum atomic E-state index is 0.415. The van der Waals surface area contributed by atoms with Gasteiger partial charge >= 0.3 is 0 Å². The van der Waals surface area contributed by atoms with Crippen LogP contribution in [-0.2, 0) is 6.54 Å². The van der Waals surface area contributed by atoms with Gasteiger partial charge in [-0.2, -0.15) is 0 Å². The van der Waals surface area contributed by atoms with Crippen molar-refractivity contribution in [3.63, 3.8) is 0 Å². The summed E-state index contributed by atoms with van der Waals surface area (Å²) in [4.78, 5) is 4.31. The molecule has 0 radical (unpaired) electrons. The normalized spacial score (nSPS) is 10.4. The Morgan fingerprint density at radius 2 is 1.68 bits per heavy atom. The fourth-order valence-corrected chi connectivity index (χ4v) is 2.54. The second-order valence-electron chi connectivity index (χ2n) is 5.22. The minimum absolute atomic E-state index is 0.415. The Bertz CT molecular complexity index is 831. The molecule has 2 aromatic carbocycles. The van der Waals surface area contributed by atoms with Crippen LogP contribution in [0.15, 0.2) is 53.1 Å². The van der Waals surface area contributed by atoms with Crippen LogP contribution in [0.25, 0.3) is 11.3 Å². The number of benzene rings is 2. The predicted molar refractivity (Wildman–Crippen MR) is 95.4 cm³/mol. The Morgan fingerprint density at radius 3 is 2.36 bits per heavy atom. The molecule has 0 amide bonds. The molecule has 0 atom stereocenters. The van der Waals surface area contributed by atoms with Crippen LogP contribution < -0.4 is 19.5 Å². The van der Waals surface area contributed by atoms with Crippen molar-refractivity contribution in [2.24, 2.45) is 0 Å². The van der Waals surface area contributed by atoms with E-state index in [2.05, 4.69) is 10.3 Å². The van der Waals surface area contributed by atoms with Crippen molar-refractivity contribution in [3.8, 4) is 28.6 Å². The SMILES string of the molecule is COc1ccc(NCc2ncc(-c3ccccc3)o2)c(OC)c1OC. The smallest absolute Gasteiger partial charge is 0.214 e. The molecule has 6 heteroatoms. The largest absolute Gasteiger partial charge is 0.493 e. The molecule has 0 unspecified atom stereocenters. The summed E-state index contributed by atoms with van der Waals surface area (Å²) in [6.45, 7) is 0.415. The highest BCUT2D eigenvalue weighted by Gasteiger charge is 2.16. The maximum atomic E-state index is 5.80. The lowest BCUT2D eigenvalue weighted by Crippen LogP contribution is -2.03. The van der Waals surface area contributed by atoms with Gasteiger partial charge in [0.05, 0.1) is 39.8 Å². The highest BCUT2D eigenvalue weighted by atomic mass is 16.5. The third kappa shape index (κ3) is 3.52. The molecule has 1 aromatic heterocycles. The summed E-state index contributed by atoms with van der Waals surface area (Å²) in [6, 6.07) is 13.5. The highest BCUT2D eigenvalue weighted by Crippen LogP contribution is 2.42. The van der Waals surface area contributed by atoms with Crippen LogP contribution in [0.1, 0.15) is 5.89 Å². The number of methoxy groups -OCH3 is 3. The molecule has 3 aromatic rings. The van der Waals surface area contributed by atoms with Gasteiger partial charge in [0, 0.05) is 5.56 Å². The quantitative estimate of drug-likeness (QED) is 0.702. The Morgan fingerprint density at radius 1 is 0.920 bits per heavy atom. The molecule has 0 aliphatic carbocycles. The number of hydrogen-bond acceptors (Lipinski definition) is 6. The zero-order valence-corrected chi connectivity index (χ0v) is 14.4. The number of anilines is 1. The van der Waals surface area contributed by atoms with Gasteiger partial charge in [-0.05, 0) is 12.1 Å². The number of oxazole rings is 1. The fourth-order valence-electron chi connectivity index (χ4n) is 2.54. The third-order valence-corrected chi connectivity index (χ3v) is 3.75. The third-order valence-electron chi connectivity index (χ3n) is 3.75. The van der Waals surface area contributed by atoms with Crippen LogP contribution in [0.3, 0.4) is 0 Å². The van der Waals surface area contributed by atoms with Gasteiger partial charge in [-0.15, -0.1) is 0 Å². The molecule has 25 heavy (non-hydrogen) atoms. The van der Waals surface area contributed by atoms with E-state index in [0.29, 0.717) is 29.7 Å². The van der Waals surface area contributed by atoms with E-state index in [1.54, 1.807) is 27.5 Å². The van der Waals surface area contributed by atoms with Crippen molar-refractivity contribution in [2.75, 3.05) is 26.6 Å². The highest BCUT2D eigenvalue weighted by molar-refractivity contribution is 5.68. The van der Waals surface area contributed by atoms with Gasteiger partial charge in [0.1, 0.15) is 0 Å². The second-order valence-corrected chi connectivity index (χ2v) is 5.22. The van der Waals surface area contributed by atoms with E-state index in [1.807, 2.05) is 42.5 Å². The topological polar surface area (TPSA) is 65.8 Å². The summed E-state index contributed by atoms with van der Waals surface area (Å²) in [6.07, 6.45) is 1.72. The fraction of sp³-hybridized carbons (Fsp3) is 0.211. The van der Waals surface area contributed by atoms with Gasteiger partial charge in [-0.25, -0.2) is 4.98 Å². The number of aromatic nitrogens is 1. The van der Waals surface area contributed by atoms with Crippen molar-refractivity contribution in [1.29, 1.82) is 0 Å². The van der Waals surface area contributed by atoms with Gasteiger partial charge in [-0.1, -0.05) is 30.3 Å². The van der Waals surface area contributed by atoms with E-state index in [-0.39, 0.29) is 0 Å². The van der Waals surface area contributed by atoms with Crippen molar-refractivity contribution >= 4 is 5.69 Å². The first-order valence-corrected chi connectivity index (χ1v) is 7.79. The van der Waals surface area contributed by atoms with E-state index < -0.39 is 0 Å². The molecule has 130 valence electrons. The summed E-state index contributed by atoms with van der Waals surface area (Å²) in [5.41, 5.74) is 1.75. The van der Waals surface area contributed by atoms with Crippen molar-refractivity contribution in [2.45, 2.75) is 6.54 Å². The van der Waals surface area contributed by atoms with Crippen LogP contribution in [0.5, 0.6) is 17.2 Å². The molecule has 0 fully saturated rings. The second kappa shape index (κ2) is 7.61. The maximum Gasteiger partial charge on any atom is 0.214 e. The summed E-state index contributed by atoms with van der Waals surface area (Å²) in [5, 5.41) is 3.25. The first-order valence-electron chi connectivity index (χ1n) is 7.79. The minimum Gasteiger partial charge on any atom is -0.493 e. The van der Waals surface area contributed by atoms with Crippen LogP contribution in [0.2, 0.25) is 0 Å². The van der Waals surface area contributed by atoms with Gasteiger partial charge in [0.25, 0.3) is 0 Å². The maximum absolute atomic E-state index is 5.80. The average molecular weight is 340 g/mol. The van der Waals surface area contributed by atoms with E-state index >= 15 is 0 Å². The van der Waals surface area contributed by atoms with E-state index in [9.17, 15) is 0 Å². The van der Waals surface area contributed by atoms with Gasteiger partial charge < -0.3 is 23.9 Å². The molecule has 0 spiro atoms. The van der Waals surface area contributed by atoms with Crippen molar-refractivity contribution in [1.82, 2.24) is 4.98 Å². The van der Waals surface area contributed by atoms with Gasteiger partial charge in [0.2, 0.25) is 11.6 Å². The van der Waals surface area contributed by atoms with E-state index in [1.165, 1.54) is 0 Å². The summed E-state index contributed by atoms with van der Waals surface area (Å²) in [7, 11) is 4.74. The molecule has 0 aliphatic rings. The molecule has 0 bridgehead atoms. The zero-order valence-electron chi connectivity index (χ0n) is 14.4. The van der Waals surface area contributed by atoms with E-state index in [0.717, 1.165) is 17.0 Å². The van der Waals surface area contributed by atoms with Crippen molar-refractivity contribution < 1.29 is 18.6 Å². The Hall–Kier alpha value is -3.15. The van der Waals surface area contributed by atoms with Crippen molar-refractivity contribution in [3.05, 3.63) is 54.6 Å². The van der Waals surface area contributed by atoms with Gasteiger partial charge in [-0.3, -0.25) is 0 Å². The molecule has 6 nitrogen and oxygen atoms in total. The lowest BCUT2D eigenvalue weighted by Gasteiger charge is -2.16. The molecule has 1 heterocycles. The zero-order chi connectivity index (χ0) is 17.6. The standard InChI is InChI=1S/C19H20N2O4/c1-22-15-10-9-14(18(23-2)19(15)24-3)20-12-17-21-11-16(25-17)13-7-5-4-6-8-13/h4-11,20H,12H2,1-3H3. The molecular weight excluding hydrogens is 320 g/mol. The number of rotatable bonds is 7. The Labute approximate surface area is 146 Å². The monoisotopic (exact) mass is 340 g/mol. The van der Waals surface area contributed by atoms with Crippen LogP contribution in [-0.4, -0.2) is 26.3 Å². The molecule has 0 aliphatic heterocycles. The molecule has 0 saturated heterocycles. The van der Waals surface area contributed by atoms with E-state index in [4.69, 9.17) is 18.6 Å².